The molecule has 0 aromatic carbocycles. The number of aliphatic hydroxyl groups is 1. The Morgan fingerprint density at radius 2 is 1.89 bits per heavy atom. The van der Waals surface area contributed by atoms with Crippen LogP contribution in [0, 0.1) is 0 Å². The van der Waals surface area contributed by atoms with Gasteiger partial charge in [0, 0.05) is 19.1 Å². The number of aliphatic hydroxyl groups excluding tert-OH is 1. The van der Waals surface area contributed by atoms with E-state index >= 15 is 0 Å². The third-order valence-electron chi connectivity index (χ3n) is 2.61. The van der Waals surface area contributed by atoms with E-state index in [0.29, 0.717) is 0 Å². The Morgan fingerprint density at radius 1 is 1.33 bits per heavy atom. The van der Waals surface area contributed by atoms with Crippen LogP contribution >= 0.6 is 0 Å². The highest BCUT2D eigenvalue weighted by Crippen LogP contribution is 2.32. The number of hydrogen-bond donors (Lipinski definition) is 1. The van der Waals surface area contributed by atoms with Crippen molar-refractivity contribution in [2.24, 2.45) is 5.11 Å². The summed E-state index contributed by atoms with van der Waals surface area (Å²) in [7, 11) is 2.94. The van der Waals surface area contributed by atoms with E-state index in [0.717, 1.165) is 0 Å². The Bertz CT molecular complexity index is 315. The molecule has 0 aliphatic carbocycles. The van der Waals surface area contributed by atoms with Crippen LogP contribution in [0.5, 0.6) is 0 Å². The van der Waals surface area contributed by atoms with Crippen molar-refractivity contribution in [2.45, 2.75) is 44.2 Å². The fraction of sp³-hybridized carbons (Fsp3) is 1.00. The predicted molar refractivity (Wildman–Crippen MR) is 61.7 cm³/mol. The summed E-state index contributed by atoms with van der Waals surface area (Å²) in [6.45, 7) is 3.35. The summed E-state index contributed by atoms with van der Waals surface area (Å²) in [4.78, 5) is 2.60. The molecule has 0 amide bonds. The van der Waals surface area contributed by atoms with E-state index in [1.54, 1.807) is 13.8 Å². The number of nitrogens with zero attached hydrogens (tertiary/aromatic N) is 3. The maximum atomic E-state index is 9.94. The molecule has 104 valence electrons. The van der Waals surface area contributed by atoms with Crippen LogP contribution in [0.15, 0.2) is 5.11 Å². The Hall–Kier alpha value is -0.890. The molecule has 8 heteroatoms. The first-order valence-corrected chi connectivity index (χ1v) is 5.55. The lowest BCUT2D eigenvalue weighted by atomic mass is 10.1. The van der Waals surface area contributed by atoms with Gasteiger partial charge in [0.15, 0.2) is 12.1 Å². The lowest BCUT2D eigenvalue weighted by molar-refractivity contribution is -0.202. The molecular weight excluding hydrogens is 242 g/mol. The number of azide groups is 1. The van der Waals surface area contributed by atoms with Crippen LogP contribution in [0.2, 0.25) is 0 Å². The zero-order valence-corrected chi connectivity index (χ0v) is 10.9. The molecule has 1 saturated heterocycles. The predicted octanol–water partition coefficient (Wildman–Crippen LogP) is 0.797. The number of ether oxygens (including phenoxy) is 4. The molecule has 1 N–H and O–H groups in total. The molecule has 18 heavy (non-hydrogen) atoms. The zero-order chi connectivity index (χ0) is 13.8. The van der Waals surface area contributed by atoms with E-state index in [-0.39, 0.29) is 6.54 Å². The van der Waals surface area contributed by atoms with Crippen LogP contribution < -0.4 is 0 Å². The molecule has 0 radical (unpaired) electrons. The number of methoxy groups -OCH3 is 2. The Balaban J connectivity index is 2.81. The van der Waals surface area contributed by atoms with Crippen molar-refractivity contribution < 1.29 is 24.1 Å². The van der Waals surface area contributed by atoms with Gasteiger partial charge >= 0.3 is 0 Å². The lowest BCUT2D eigenvalue weighted by Crippen LogP contribution is -2.44. The van der Waals surface area contributed by atoms with Gasteiger partial charge in [0.2, 0.25) is 0 Å². The van der Waals surface area contributed by atoms with Crippen LogP contribution in [-0.2, 0) is 18.9 Å². The first-order valence-electron chi connectivity index (χ1n) is 5.55. The summed E-state index contributed by atoms with van der Waals surface area (Å²) < 4.78 is 21.5. The quantitative estimate of drug-likeness (QED) is 0.329. The molecule has 1 aliphatic heterocycles. The molecule has 0 aromatic heterocycles. The molecule has 0 unspecified atom stereocenters. The van der Waals surface area contributed by atoms with Crippen LogP contribution in [0.3, 0.4) is 0 Å². The van der Waals surface area contributed by atoms with Crippen molar-refractivity contribution >= 4 is 0 Å². The van der Waals surface area contributed by atoms with E-state index in [2.05, 4.69) is 10.0 Å². The Labute approximate surface area is 105 Å². The standard InChI is InChI=1S/C10H19N3O5/c1-10(2)17-7(6(14)5-12-13-11)8(18-10)9(15-3)16-4/h6-9,14H,5H2,1-4H3/t6-,7-,8-/m1/s1. The average molecular weight is 261 g/mol. The van der Waals surface area contributed by atoms with Gasteiger partial charge in [-0.15, -0.1) is 0 Å². The minimum Gasteiger partial charge on any atom is -0.390 e. The van der Waals surface area contributed by atoms with Gasteiger partial charge in [-0.25, -0.2) is 0 Å². The lowest BCUT2D eigenvalue weighted by Gasteiger charge is -2.26. The monoisotopic (exact) mass is 261 g/mol. The molecule has 1 heterocycles. The van der Waals surface area contributed by atoms with Crippen molar-refractivity contribution in [3.63, 3.8) is 0 Å². The second-order valence-electron chi connectivity index (χ2n) is 4.39. The highest BCUT2D eigenvalue weighted by Gasteiger charge is 2.48. The fourth-order valence-electron chi connectivity index (χ4n) is 1.91. The minimum atomic E-state index is -0.986. The van der Waals surface area contributed by atoms with Gasteiger partial charge in [0.05, 0.1) is 12.6 Å². The van der Waals surface area contributed by atoms with Crippen molar-refractivity contribution in [3.05, 3.63) is 10.4 Å². The van der Waals surface area contributed by atoms with Crippen molar-refractivity contribution in [3.8, 4) is 0 Å². The van der Waals surface area contributed by atoms with E-state index in [1.165, 1.54) is 14.2 Å². The van der Waals surface area contributed by atoms with Crippen LogP contribution in [0.4, 0.5) is 0 Å². The first kappa shape index (κ1) is 15.2. The summed E-state index contributed by atoms with van der Waals surface area (Å²) in [5, 5.41) is 13.3. The summed E-state index contributed by atoms with van der Waals surface area (Å²) >= 11 is 0. The average Bonchev–Trinajstić information content (AvgIpc) is 2.64. The molecule has 1 aliphatic rings. The van der Waals surface area contributed by atoms with E-state index in [4.69, 9.17) is 24.5 Å². The van der Waals surface area contributed by atoms with Gasteiger partial charge in [0.25, 0.3) is 0 Å². The summed E-state index contributed by atoms with van der Waals surface area (Å²) in [5.41, 5.74) is 8.25. The third kappa shape index (κ3) is 3.55. The Morgan fingerprint density at radius 3 is 2.39 bits per heavy atom. The SMILES string of the molecule is COC(OC)[C@@H]1OC(C)(C)O[C@@H]1[C@H](O)CN=[N+]=[N-]. The molecule has 0 spiro atoms. The summed E-state index contributed by atoms with van der Waals surface area (Å²) in [6, 6.07) is 0. The number of hydrogen-bond acceptors (Lipinski definition) is 6. The van der Waals surface area contributed by atoms with Crippen molar-refractivity contribution in [1.29, 1.82) is 0 Å². The number of rotatable bonds is 6. The summed E-state index contributed by atoms with van der Waals surface area (Å²) in [6.07, 6.45) is -2.94. The normalized spacial score (nSPS) is 28.1. The van der Waals surface area contributed by atoms with Crippen molar-refractivity contribution in [1.82, 2.24) is 0 Å². The first-order chi connectivity index (χ1) is 8.45. The van der Waals surface area contributed by atoms with Gasteiger partial charge in [-0.2, -0.15) is 0 Å². The molecule has 8 nitrogen and oxygen atoms in total. The van der Waals surface area contributed by atoms with Crippen LogP contribution in [0.1, 0.15) is 13.8 Å². The van der Waals surface area contributed by atoms with Crippen LogP contribution in [-0.4, -0.2) is 56.3 Å². The van der Waals surface area contributed by atoms with Crippen molar-refractivity contribution in [2.75, 3.05) is 20.8 Å². The molecule has 1 rings (SSSR count). The molecule has 0 saturated carbocycles. The molecule has 1 fully saturated rings. The zero-order valence-electron chi connectivity index (χ0n) is 10.9. The largest absolute Gasteiger partial charge is 0.390 e. The smallest absolute Gasteiger partial charge is 0.185 e. The molecular formula is C10H19N3O5. The maximum absolute atomic E-state index is 9.94. The second kappa shape index (κ2) is 6.33. The second-order valence-corrected chi connectivity index (χ2v) is 4.39. The molecule has 0 aromatic rings. The fourth-order valence-corrected chi connectivity index (χ4v) is 1.91. The third-order valence-corrected chi connectivity index (χ3v) is 2.61. The Kier molecular flexibility index (Phi) is 5.33. The topological polar surface area (TPSA) is 106 Å². The van der Waals surface area contributed by atoms with E-state index < -0.39 is 30.4 Å². The van der Waals surface area contributed by atoms with E-state index in [1.807, 2.05) is 0 Å². The maximum Gasteiger partial charge on any atom is 0.185 e. The summed E-state index contributed by atoms with van der Waals surface area (Å²) in [5.74, 6) is -0.859. The van der Waals surface area contributed by atoms with Gasteiger partial charge < -0.3 is 24.1 Å². The van der Waals surface area contributed by atoms with Gasteiger partial charge in [-0.1, -0.05) is 5.11 Å². The molecule has 0 bridgehead atoms. The van der Waals surface area contributed by atoms with E-state index in [9.17, 15) is 5.11 Å². The van der Waals surface area contributed by atoms with Crippen LogP contribution in [0.25, 0.3) is 10.4 Å². The van der Waals surface area contributed by atoms with Gasteiger partial charge in [-0.05, 0) is 19.4 Å². The van der Waals surface area contributed by atoms with Gasteiger partial charge in [0.1, 0.15) is 12.2 Å². The highest BCUT2D eigenvalue weighted by atomic mass is 16.8. The van der Waals surface area contributed by atoms with Gasteiger partial charge in [-0.3, -0.25) is 0 Å². The minimum absolute atomic E-state index is 0.0999. The highest BCUT2D eigenvalue weighted by molar-refractivity contribution is 4.89. The molecule has 3 atom stereocenters.